The van der Waals surface area contributed by atoms with E-state index in [1.807, 2.05) is 28.9 Å². The summed E-state index contributed by atoms with van der Waals surface area (Å²) >= 11 is 0. The summed E-state index contributed by atoms with van der Waals surface area (Å²) in [5, 5.41) is 7.27. The molecule has 2 aliphatic heterocycles. The first-order chi connectivity index (χ1) is 12.2. The van der Waals surface area contributed by atoms with Crippen molar-refractivity contribution in [2.75, 3.05) is 19.6 Å². The van der Waals surface area contributed by atoms with Crippen LogP contribution in [0.3, 0.4) is 0 Å². The maximum Gasteiger partial charge on any atom is 0.255 e. The molecule has 0 bridgehead atoms. The first-order valence-corrected chi connectivity index (χ1v) is 8.84. The van der Waals surface area contributed by atoms with Crippen LogP contribution >= 0.6 is 0 Å². The number of amides is 1. The predicted molar refractivity (Wildman–Crippen MR) is 92.3 cm³/mol. The summed E-state index contributed by atoms with van der Waals surface area (Å²) in [6, 6.07) is 7.48. The van der Waals surface area contributed by atoms with Gasteiger partial charge < -0.3 is 10.1 Å². The second kappa shape index (κ2) is 6.48. The minimum atomic E-state index is -0.322. The van der Waals surface area contributed by atoms with Crippen molar-refractivity contribution in [2.24, 2.45) is 0 Å². The number of aryl methyl sites for hydroxylation is 1. The third kappa shape index (κ3) is 3.11. The Morgan fingerprint density at radius 3 is 2.88 bits per heavy atom. The van der Waals surface area contributed by atoms with Crippen molar-refractivity contribution in [3.63, 3.8) is 0 Å². The molecule has 1 aromatic heterocycles. The summed E-state index contributed by atoms with van der Waals surface area (Å²) in [6.07, 6.45) is 3.37. The Bertz CT molecular complexity index is 764. The number of para-hydroxylation sites is 1. The van der Waals surface area contributed by atoms with Gasteiger partial charge in [0.15, 0.2) is 0 Å². The molecule has 2 aliphatic rings. The van der Waals surface area contributed by atoms with Gasteiger partial charge in [-0.05, 0) is 19.1 Å². The zero-order valence-corrected chi connectivity index (χ0v) is 14.4. The van der Waals surface area contributed by atoms with Crippen LogP contribution in [0, 0.1) is 0 Å². The number of ether oxygens (including phenoxy) is 1. The molecular weight excluding hydrogens is 318 g/mol. The average molecular weight is 341 g/mol. The predicted octanol–water partition coefficient (Wildman–Crippen LogP) is 1.45. The Balaban J connectivity index is 1.45. The number of fused-ring (bicyclic) bond motifs is 1. The lowest BCUT2D eigenvalue weighted by Gasteiger charge is -2.40. The largest absolute Gasteiger partial charge is 0.485 e. The monoisotopic (exact) mass is 341 g/mol. The van der Waals surface area contributed by atoms with Crippen molar-refractivity contribution in [1.29, 1.82) is 0 Å². The molecule has 0 unspecified atom stereocenters. The quantitative estimate of drug-likeness (QED) is 0.915. The fourth-order valence-electron chi connectivity index (χ4n) is 3.62. The van der Waals surface area contributed by atoms with Gasteiger partial charge in [0.2, 0.25) is 0 Å². The van der Waals surface area contributed by atoms with Crippen molar-refractivity contribution in [3.8, 4) is 5.75 Å². The number of aromatic nitrogens is 3. The molecule has 0 saturated carbocycles. The molecule has 7 nitrogen and oxygen atoms in total. The third-order valence-electron chi connectivity index (χ3n) is 5.16. The number of hydrogen-bond acceptors (Lipinski definition) is 5. The van der Waals surface area contributed by atoms with E-state index in [-0.39, 0.29) is 11.5 Å². The fourth-order valence-corrected chi connectivity index (χ4v) is 3.62. The molecule has 0 aliphatic carbocycles. The number of likely N-dealkylation sites (tertiary alicyclic amines) is 1. The van der Waals surface area contributed by atoms with E-state index < -0.39 is 0 Å². The van der Waals surface area contributed by atoms with Gasteiger partial charge in [0.1, 0.15) is 23.5 Å². The molecule has 4 rings (SSSR count). The highest BCUT2D eigenvalue weighted by Crippen LogP contribution is 2.33. The number of carbonyl (C=O) groups excluding carboxylic acids is 1. The van der Waals surface area contributed by atoms with Crippen LogP contribution in [0.1, 0.15) is 35.9 Å². The number of nitrogens with one attached hydrogen (secondary N) is 1. The lowest BCUT2D eigenvalue weighted by atomic mass is 9.91. The van der Waals surface area contributed by atoms with E-state index in [9.17, 15) is 4.79 Å². The summed E-state index contributed by atoms with van der Waals surface area (Å²) in [4.78, 5) is 19.0. The van der Waals surface area contributed by atoms with Gasteiger partial charge in [-0.2, -0.15) is 5.10 Å². The summed E-state index contributed by atoms with van der Waals surface area (Å²) < 4.78 is 8.27. The van der Waals surface area contributed by atoms with Gasteiger partial charge in [-0.15, -0.1) is 0 Å². The lowest BCUT2D eigenvalue weighted by Crippen LogP contribution is -2.53. The van der Waals surface area contributed by atoms with Crippen molar-refractivity contribution in [2.45, 2.75) is 38.5 Å². The van der Waals surface area contributed by atoms with Gasteiger partial charge in [0.05, 0.1) is 18.7 Å². The van der Waals surface area contributed by atoms with E-state index >= 15 is 0 Å². The van der Waals surface area contributed by atoms with Crippen LogP contribution in [0.25, 0.3) is 0 Å². The Morgan fingerprint density at radius 2 is 2.08 bits per heavy atom. The van der Waals surface area contributed by atoms with E-state index in [0.717, 1.165) is 44.8 Å². The van der Waals surface area contributed by atoms with Crippen LogP contribution in [0.15, 0.2) is 30.6 Å². The first kappa shape index (κ1) is 16.1. The highest BCUT2D eigenvalue weighted by Gasteiger charge is 2.40. The molecule has 25 heavy (non-hydrogen) atoms. The zero-order chi connectivity index (χ0) is 17.3. The molecule has 1 fully saturated rings. The molecule has 3 heterocycles. The van der Waals surface area contributed by atoms with Crippen LogP contribution in [-0.4, -0.2) is 50.8 Å². The summed E-state index contributed by atoms with van der Waals surface area (Å²) in [5.41, 5.74) is 0.301. The van der Waals surface area contributed by atoms with Crippen LogP contribution in [0.2, 0.25) is 0 Å². The van der Waals surface area contributed by atoms with Gasteiger partial charge >= 0.3 is 0 Å². The molecule has 1 aromatic carbocycles. The van der Waals surface area contributed by atoms with E-state index in [1.165, 1.54) is 0 Å². The van der Waals surface area contributed by atoms with Gasteiger partial charge in [0.25, 0.3) is 5.91 Å². The highest BCUT2D eigenvalue weighted by atomic mass is 16.5. The number of benzene rings is 1. The summed E-state index contributed by atoms with van der Waals surface area (Å²) in [6.45, 7) is 6.08. The summed E-state index contributed by atoms with van der Waals surface area (Å²) in [7, 11) is 0. The van der Waals surface area contributed by atoms with Crippen molar-refractivity contribution in [1.82, 2.24) is 25.0 Å². The van der Waals surface area contributed by atoms with Crippen LogP contribution < -0.4 is 10.1 Å². The Morgan fingerprint density at radius 1 is 1.28 bits per heavy atom. The Kier molecular flexibility index (Phi) is 4.17. The van der Waals surface area contributed by atoms with Gasteiger partial charge in [0, 0.05) is 32.5 Å². The molecule has 1 saturated heterocycles. The Hall–Kier alpha value is -2.41. The van der Waals surface area contributed by atoms with Gasteiger partial charge in [-0.25, -0.2) is 9.67 Å². The number of nitrogens with zero attached hydrogens (tertiary/aromatic N) is 4. The van der Waals surface area contributed by atoms with Crippen molar-refractivity contribution < 1.29 is 9.53 Å². The third-order valence-corrected chi connectivity index (χ3v) is 5.16. The maximum absolute atomic E-state index is 12.3. The second-order valence-electron chi connectivity index (χ2n) is 6.73. The SMILES string of the molecule is CCn1ncnc1CN1CCC2(CC1)CNC(=O)c1ccccc1O2. The molecule has 0 radical (unpaired) electrons. The number of carbonyl (C=O) groups is 1. The van der Waals surface area contributed by atoms with E-state index in [2.05, 4.69) is 27.2 Å². The highest BCUT2D eigenvalue weighted by molar-refractivity contribution is 5.97. The molecule has 1 amide bonds. The molecule has 1 spiro atoms. The zero-order valence-electron chi connectivity index (χ0n) is 14.4. The fraction of sp³-hybridized carbons (Fsp3) is 0.500. The second-order valence-corrected chi connectivity index (χ2v) is 6.73. The smallest absolute Gasteiger partial charge is 0.255 e. The number of rotatable bonds is 3. The van der Waals surface area contributed by atoms with Crippen molar-refractivity contribution >= 4 is 5.91 Å². The van der Waals surface area contributed by atoms with Crippen LogP contribution in [-0.2, 0) is 13.1 Å². The van der Waals surface area contributed by atoms with Crippen LogP contribution in [0.5, 0.6) is 5.75 Å². The lowest BCUT2D eigenvalue weighted by molar-refractivity contribution is 0.00303. The topological polar surface area (TPSA) is 72.3 Å². The first-order valence-electron chi connectivity index (χ1n) is 8.84. The standard InChI is InChI=1S/C18H23N5O2/c1-2-23-16(20-13-21-23)11-22-9-7-18(8-10-22)12-19-17(24)14-5-3-4-6-15(14)25-18/h3-6,13H,2,7-12H2,1H3,(H,19,24). The maximum atomic E-state index is 12.3. The van der Waals surface area contributed by atoms with E-state index in [0.29, 0.717) is 17.9 Å². The van der Waals surface area contributed by atoms with E-state index in [1.54, 1.807) is 6.33 Å². The molecule has 2 aromatic rings. The van der Waals surface area contributed by atoms with Gasteiger partial charge in [-0.3, -0.25) is 9.69 Å². The number of hydrogen-bond donors (Lipinski definition) is 1. The molecule has 0 atom stereocenters. The Labute approximate surface area is 147 Å². The molecule has 1 N–H and O–H groups in total. The van der Waals surface area contributed by atoms with E-state index in [4.69, 9.17) is 4.74 Å². The molecule has 132 valence electrons. The minimum absolute atomic E-state index is 0.0500. The average Bonchev–Trinajstić information content (AvgIpc) is 3.04. The molecule has 7 heteroatoms. The number of piperidine rings is 1. The normalized spacial score (nSPS) is 19.8. The molecular formula is C18H23N5O2. The van der Waals surface area contributed by atoms with Crippen LogP contribution in [0.4, 0.5) is 0 Å². The minimum Gasteiger partial charge on any atom is -0.485 e. The van der Waals surface area contributed by atoms with Gasteiger partial charge in [-0.1, -0.05) is 12.1 Å². The van der Waals surface area contributed by atoms with Crippen molar-refractivity contribution in [3.05, 3.63) is 42.0 Å². The summed E-state index contributed by atoms with van der Waals surface area (Å²) in [5.74, 6) is 1.64.